The van der Waals surface area contributed by atoms with Gasteiger partial charge in [0, 0.05) is 54.9 Å². The van der Waals surface area contributed by atoms with Crippen LogP contribution in [0, 0.1) is 17.1 Å². The lowest BCUT2D eigenvalue weighted by molar-refractivity contribution is -0.131. The smallest absolute Gasteiger partial charge is 0.319 e. The molecule has 1 amide bonds. The molecular formula is C32H30ClF2N7O3. The quantitative estimate of drug-likeness (QED) is 0.266. The van der Waals surface area contributed by atoms with Gasteiger partial charge in [0.2, 0.25) is 0 Å². The maximum absolute atomic E-state index is 16.6. The van der Waals surface area contributed by atoms with Crippen LogP contribution in [0.4, 0.5) is 14.6 Å². The normalized spacial score (nSPS) is 19.1. The molecule has 2 atom stereocenters. The number of carbonyl (C=O) groups is 1. The first-order chi connectivity index (χ1) is 21.7. The Balaban J connectivity index is 1.44. The van der Waals surface area contributed by atoms with Crippen molar-refractivity contribution in [1.29, 1.82) is 5.26 Å². The number of hydrogen-bond donors (Lipinski definition) is 0. The van der Waals surface area contributed by atoms with Crippen LogP contribution in [0.1, 0.15) is 6.42 Å². The molecule has 0 radical (unpaired) electrons. The predicted octanol–water partition coefficient (Wildman–Crippen LogP) is 4.76. The Morgan fingerprint density at radius 2 is 2.00 bits per heavy atom. The first kappa shape index (κ1) is 30.6. The number of ether oxygens (including phenoxy) is 2. The highest BCUT2D eigenvalue weighted by molar-refractivity contribution is 6.36. The number of nitriles is 1. The average molecular weight is 634 g/mol. The number of rotatable bonds is 7. The van der Waals surface area contributed by atoms with Gasteiger partial charge in [0.15, 0.2) is 11.6 Å². The van der Waals surface area contributed by atoms with Crippen molar-refractivity contribution in [2.45, 2.75) is 18.6 Å². The summed E-state index contributed by atoms with van der Waals surface area (Å²) < 4.78 is 42.2. The molecule has 13 heteroatoms. The summed E-state index contributed by atoms with van der Waals surface area (Å²) in [7, 11) is 1.99. The van der Waals surface area contributed by atoms with E-state index in [0.717, 1.165) is 11.9 Å². The minimum absolute atomic E-state index is 0.0155. The number of morpholine rings is 1. The summed E-state index contributed by atoms with van der Waals surface area (Å²) in [5.41, 5.74) is 0.554. The lowest BCUT2D eigenvalue weighted by Crippen LogP contribution is -2.55. The lowest BCUT2D eigenvalue weighted by Gasteiger charge is -2.41. The van der Waals surface area contributed by atoms with Gasteiger partial charge >= 0.3 is 6.01 Å². The number of piperazine rings is 1. The molecule has 2 saturated heterocycles. The number of fused-ring (bicyclic) bond motifs is 2. The minimum atomic E-state index is -1.10. The number of carbonyl (C=O) groups excluding carboxylic acids is 1. The Labute approximate surface area is 263 Å². The van der Waals surface area contributed by atoms with Gasteiger partial charge in [-0.2, -0.15) is 15.2 Å². The van der Waals surface area contributed by atoms with Gasteiger partial charge in [0.05, 0.1) is 30.5 Å². The fourth-order valence-electron chi connectivity index (χ4n) is 5.89. The summed E-state index contributed by atoms with van der Waals surface area (Å²) in [4.78, 5) is 31.4. The predicted molar refractivity (Wildman–Crippen MR) is 166 cm³/mol. The minimum Gasteiger partial charge on any atom is -0.461 e. The van der Waals surface area contributed by atoms with Crippen molar-refractivity contribution in [3.63, 3.8) is 0 Å². The average Bonchev–Trinajstić information content (AvgIpc) is 3.03. The molecule has 4 heterocycles. The molecular weight excluding hydrogens is 604 g/mol. The molecule has 2 aromatic carbocycles. The van der Waals surface area contributed by atoms with Crippen molar-refractivity contribution in [3.05, 3.63) is 65.8 Å². The van der Waals surface area contributed by atoms with Gasteiger partial charge in [-0.1, -0.05) is 48.5 Å². The van der Waals surface area contributed by atoms with Crippen molar-refractivity contribution >= 4 is 45.0 Å². The maximum Gasteiger partial charge on any atom is 0.319 e. The Morgan fingerprint density at radius 3 is 2.76 bits per heavy atom. The fourth-order valence-corrected chi connectivity index (χ4v) is 6.18. The van der Waals surface area contributed by atoms with E-state index < -0.39 is 23.6 Å². The molecule has 45 heavy (non-hydrogen) atoms. The molecule has 4 aromatic rings. The van der Waals surface area contributed by atoms with E-state index in [1.807, 2.05) is 36.2 Å². The highest BCUT2D eigenvalue weighted by Crippen LogP contribution is 2.37. The second-order valence-electron chi connectivity index (χ2n) is 11.1. The standard InChI is InChI=1S/C32H30ClF2N7O3/c1-19(34)31(43)42-12-11-41(16-21(42)9-10-36)30-24-15-37-28(23-7-3-5-20-6-4-8-25(33)26(20)23)27(35)29(24)38-32(39-30)45-18-22-17-40(2)13-14-44-22/h3-8,15,21-22H,1,9,11-14,16-18H2,2H3/t21-,22?/m0/s1. The third kappa shape index (κ3) is 6.11. The molecule has 2 aliphatic heterocycles. The van der Waals surface area contributed by atoms with Crippen LogP contribution in [0.5, 0.6) is 6.01 Å². The van der Waals surface area contributed by atoms with Crippen LogP contribution in [-0.4, -0.2) is 95.8 Å². The van der Waals surface area contributed by atoms with Crippen molar-refractivity contribution in [2.24, 2.45) is 0 Å². The topological polar surface area (TPSA) is 108 Å². The van der Waals surface area contributed by atoms with E-state index >= 15 is 4.39 Å². The molecule has 232 valence electrons. The van der Waals surface area contributed by atoms with E-state index in [9.17, 15) is 14.4 Å². The number of pyridine rings is 1. The van der Waals surface area contributed by atoms with Gasteiger partial charge in [-0.15, -0.1) is 0 Å². The first-order valence-corrected chi connectivity index (χ1v) is 14.9. The maximum atomic E-state index is 16.6. The Hall–Kier alpha value is -4.44. The number of nitrogens with zero attached hydrogens (tertiary/aromatic N) is 7. The molecule has 10 nitrogen and oxygen atoms in total. The molecule has 2 aliphatic rings. The summed E-state index contributed by atoms with van der Waals surface area (Å²) in [5, 5.41) is 11.7. The van der Waals surface area contributed by atoms with Gasteiger partial charge in [0.1, 0.15) is 29.7 Å². The van der Waals surface area contributed by atoms with Crippen LogP contribution < -0.4 is 9.64 Å². The van der Waals surface area contributed by atoms with Gasteiger partial charge in [0.25, 0.3) is 5.91 Å². The lowest BCUT2D eigenvalue weighted by atomic mass is 10.0. The third-order valence-electron chi connectivity index (χ3n) is 8.09. The largest absolute Gasteiger partial charge is 0.461 e. The zero-order chi connectivity index (χ0) is 31.7. The zero-order valence-corrected chi connectivity index (χ0v) is 25.3. The number of benzene rings is 2. The molecule has 2 aromatic heterocycles. The van der Waals surface area contributed by atoms with E-state index in [-0.39, 0.29) is 56.0 Å². The monoisotopic (exact) mass is 633 g/mol. The molecule has 6 rings (SSSR count). The third-order valence-corrected chi connectivity index (χ3v) is 8.41. The van der Waals surface area contributed by atoms with Crippen molar-refractivity contribution in [2.75, 3.05) is 57.9 Å². The van der Waals surface area contributed by atoms with Crippen molar-refractivity contribution in [3.8, 4) is 23.3 Å². The summed E-state index contributed by atoms with van der Waals surface area (Å²) >= 11 is 6.56. The SMILES string of the molecule is C=C(F)C(=O)N1CCN(c2nc(OCC3CN(C)CCO3)nc3c(F)c(-c4cccc5cccc(Cl)c45)ncc23)C[C@@H]1CC#N. The Kier molecular flexibility index (Phi) is 8.76. The number of hydrogen-bond acceptors (Lipinski definition) is 9. The van der Waals surface area contributed by atoms with E-state index in [1.165, 1.54) is 11.1 Å². The fraction of sp³-hybridized carbons (Fsp3) is 0.344. The number of likely N-dealkylation sites (N-methyl/N-ethyl adjacent to an activating group) is 1. The second kappa shape index (κ2) is 12.9. The van der Waals surface area contributed by atoms with Crippen LogP contribution in [0.3, 0.4) is 0 Å². The molecule has 0 N–H and O–H groups in total. The van der Waals surface area contributed by atoms with Crippen LogP contribution in [0.25, 0.3) is 32.9 Å². The van der Waals surface area contributed by atoms with Crippen LogP contribution in [0.2, 0.25) is 5.02 Å². The van der Waals surface area contributed by atoms with Gasteiger partial charge < -0.3 is 24.2 Å². The molecule has 0 bridgehead atoms. The Bertz CT molecular complexity index is 1830. The van der Waals surface area contributed by atoms with E-state index in [0.29, 0.717) is 40.3 Å². The molecule has 0 spiro atoms. The number of halogens is 3. The van der Waals surface area contributed by atoms with Crippen LogP contribution in [0.15, 0.2) is 55.0 Å². The summed E-state index contributed by atoms with van der Waals surface area (Å²) in [5.74, 6) is -2.33. The summed E-state index contributed by atoms with van der Waals surface area (Å²) in [6, 6.07) is 12.3. The van der Waals surface area contributed by atoms with Gasteiger partial charge in [-0.25, -0.2) is 8.78 Å². The van der Waals surface area contributed by atoms with Crippen molar-refractivity contribution < 1.29 is 23.0 Å². The number of amides is 1. The molecule has 2 fully saturated rings. The summed E-state index contributed by atoms with van der Waals surface area (Å²) in [6.45, 7) is 5.74. The summed E-state index contributed by atoms with van der Waals surface area (Å²) in [6.07, 6.45) is 1.22. The highest BCUT2D eigenvalue weighted by Gasteiger charge is 2.34. The van der Waals surface area contributed by atoms with E-state index in [1.54, 1.807) is 12.1 Å². The first-order valence-electron chi connectivity index (χ1n) is 14.5. The van der Waals surface area contributed by atoms with E-state index in [4.69, 9.17) is 21.1 Å². The van der Waals surface area contributed by atoms with Crippen molar-refractivity contribution in [1.82, 2.24) is 24.8 Å². The van der Waals surface area contributed by atoms with Gasteiger partial charge in [-0.05, 0) is 18.5 Å². The van der Waals surface area contributed by atoms with E-state index in [2.05, 4.69) is 32.5 Å². The zero-order valence-electron chi connectivity index (χ0n) is 24.5. The highest BCUT2D eigenvalue weighted by atomic mass is 35.5. The second-order valence-corrected chi connectivity index (χ2v) is 11.5. The number of anilines is 1. The van der Waals surface area contributed by atoms with Crippen LogP contribution in [-0.2, 0) is 9.53 Å². The molecule has 1 unspecified atom stereocenters. The Morgan fingerprint density at radius 1 is 1.20 bits per heavy atom. The molecule has 0 saturated carbocycles. The van der Waals surface area contributed by atoms with Crippen LogP contribution >= 0.6 is 11.6 Å². The molecule has 0 aliphatic carbocycles. The van der Waals surface area contributed by atoms with Gasteiger partial charge in [-0.3, -0.25) is 9.78 Å². The number of aromatic nitrogens is 3.